The fourth-order valence-corrected chi connectivity index (χ4v) is 5.82. The summed E-state index contributed by atoms with van der Waals surface area (Å²) in [6.07, 6.45) is 3.13. The average Bonchev–Trinajstić information content (AvgIpc) is 3.48. The summed E-state index contributed by atoms with van der Waals surface area (Å²) >= 11 is 0. The molecule has 1 aliphatic rings. The van der Waals surface area contributed by atoms with E-state index >= 15 is 0 Å². The van der Waals surface area contributed by atoms with E-state index in [4.69, 9.17) is 29.0 Å². The van der Waals surface area contributed by atoms with Crippen molar-refractivity contribution >= 4 is 23.3 Å². The first-order valence-electron chi connectivity index (χ1n) is 16.8. The molecule has 49 heavy (non-hydrogen) atoms. The first-order chi connectivity index (χ1) is 23.3. The number of carbonyl (C=O) groups is 2. The summed E-state index contributed by atoms with van der Waals surface area (Å²) in [6, 6.07) is 9.04. The second kappa shape index (κ2) is 16.4. The maximum atomic E-state index is 13.5. The first-order valence-corrected chi connectivity index (χ1v) is 16.8. The van der Waals surface area contributed by atoms with Gasteiger partial charge in [0.15, 0.2) is 17.4 Å². The number of aryl methyl sites for hydroxylation is 1. The number of aromatic nitrogens is 3. The normalized spacial score (nSPS) is 15.8. The average molecular weight is 678 g/mol. The number of benzene rings is 1. The molecule has 0 saturated carbocycles. The lowest BCUT2D eigenvalue weighted by molar-refractivity contribution is -0.166. The van der Waals surface area contributed by atoms with E-state index in [2.05, 4.69) is 30.3 Å². The molecule has 1 aliphatic heterocycles. The molecule has 1 amide bonds. The minimum absolute atomic E-state index is 0.00711. The van der Waals surface area contributed by atoms with Gasteiger partial charge in [-0.2, -0.15) is 9.61 Å². The minimum atomic E-state index is -1.09. The molecule has 1 unspecified atom stereocenters. The lowest BCUT2D eigenvalue weighted by Crippen LogP contribution is -2.45. The number of nitrogens with one attached hydrogen (secondary N) is 1. The fourth-order valence-electron chi connectivity index (χ4n) is 5.82. The molecule has 0 bridgehead atoms. The number of ether oxygens (including phenoxy) is 4. The highest BCUT2D eigenvalue weighted by Crippen LogP contribution is 2.38. The van der Waals surface area contributed by atoms with Gasteiger partial charge in [0.25, 0.3) is 5.91 Å². The van der Waals surface area contributed by atoms with Crippen LogP contribution in [0.25, 0.3) is 5.65 Å². The van der Waals surface area contributed by atoms with Crippen molar-refractivity contribution < 1.29 is 33.6 Å². The third-order valence-electron chi connectivity index (χ3n) is 8.22. The van der Waals surface area contributed by atoms with Crippen molar-refractivity contribution in [3.05, 3.63) is 78.2 Å². The quantitative estimate of drug-likeness (QED) is 0.159. The number of esters is 1. The van der Waals surface area contributed by atoms with E-state index in [1.54, 1.807) is 29.7 Å². The second-order valence-electron chi connectivity index (χ2n) is 13.4. The third kappa shape index (κ3) is 9.68. The summed E-state index contributed by atoms with van der Waals surface area (Å²) in [4.78, 5) is 33.8. The van der Waals surface area contributed by atoms with Gasteiger partial charge in [-0.3, -0.25) is 4.79 Å². The SMILES string of the molecule is C=CCOc1ccccc1CC(O)CNC(=O)c1cc2nc(C)c([C@H](OC(C)(C)C)C(=O)OCC)c(N3CCC(C)(OCC=C)CC3)n2n1. The molecule has 1 saturated heterocycles. The zero-order valence-electron chi connectivity index (χ0n) is 29.7. The van der Waals surface area contributed by atoms with Crippen LogP contribution in [0.15, 0.2) is 55.6 Å². The number of fused-ring (bicyclic) bond motifs is 1. The summed E-state index contributed by atoms with van der Waals surface area (Å²) in [6.45, 7) is 20.9. The second-order valence-corrected chi connectivity index (χ2v) is 13.4. The van der Waals surface area contributed by atoms with Crippen molar-refractivity contribution in [3.8, 4) is 5.75 Å². The van der Waals surface area contributed by atoms with Crippen LogP contribution in [0.2, 0.25) is 0 Å². The van der Waals surface area contributed by atoms with Crippen LogP contribution in [0.3, 0.4) is 0 Å². The molecule has 12 heteroatoms. The van der Waals surface area contributed by atoms with Gasteiger partial charge in [0.1, 0.15) is 18.2 Å². The molecule has 0 spiro atoms. The Hall–Kier alpha value is -4.26. The van der Waals surface area contributed by atoms with E-state index in [1.807, 2.05) is 52.0 Å². The molecule has 2 atom stereocenters. The summed E-state index contributed by atoms with van der Waals surface area (Å²) in [7, 11) is 0. The molecule has 1 fully saturated rings. The fraction of sp³-hybridized carbons (Fsp3) is 0.514. The highest BCUT2D eigenvalue weighted by Gasteiger charge is 2.38. The lowest BCUT2D eigenvalue weighted by Gasteiger charge is -2.41. The Balaban J connectivity index is 1.67. The predicted octanol–water partition coefficient (Wildman–Crippen LogP) is 4.92. The predicted molar refractivity (Wildman–Crippen MR) is 188 cm³/mol. The van der Waals surface area contributed by atoms with Crippen molar-refractivity contribution in [2.75, 3.05) is 44.4 Å². The highest BCUT2D eigenvalue weighted by atomic mass is 16.6. The van der Waals surface area contributed by atoms with Crippen LogP contribution in [0, 0.1) is 6.92 Å². The van der Waals surface area contributed by atoms with E-state index in [0.29, 0.717) is 67.6 Å². The van der Waals surface area contributed by atoms with Crippen molar-refractivity contribution in [3.63, 3.8) is 0 Å². The molecule has 0 aliphatic carbocycles. The largest absolute Gasteiger partial charge is 0.489 e. The number of aliphatic hydroxyl groups excluding tert-OH is 1. The molecule has 0 radical (unpaired) electrons. The van der Waals surface area contributed by atoms with E-state index in [1.165, 1.54) is 0 Å². The van der Waals surface area contributed by atoms with Gasteiger partial charge in [0.2, 0.25) is 0 Å². The molecular formula is C37H51N5O7. The molecule has 4 rings (SSSR count). The van der Waals surface area contributed by atoms with Gasteiger partial charge in [-0.1, -0.05) is 36.9 Å². The van der Waals surface area contributed by atoms with Gasteiger partial charge in [-0.15, -0.1) is 6.58 Å². The Bertz CT molecular complexity index is 1620. The summed E-state index contributed by atoms with van der Waals surface area (Å²) < 4.78 is 25.3. The molecule has 3 heterocycles. The van der Waals surface area contributed by atoms with Crippen molar-refractivity contribution in [2.24, 2.45) is 0 Å². The molecule has 1 aromatic carbocycles. The number of hydrogen-bond acceptors (Lipinski definition) is 10. The van der Waals surface area contributed by atoms with E-state index in [-0.39, 0.29) is 30.9 Å². The Kier molecular flexibility index (Phi) is 12.6. The van der Waals surface area contributed by atoms with Gasteiger partial charge in [-0.05, 0) is 66.0 Å². The smallest absolute Gasteiger partial charge is 0.340 e. The molecular weight excluding hydrogens is 626 g/mol. The van der Waals surface area contributed by atoms with E-state index < -0.39 is 29.7 Å². The van der Waals surface area contributed by atoms with Gasteiger partial charge in [0.05, 0.1) is 36.1 Å². The van der Waals surface area contributed by atoms with E-state index in [9.17, 15) is 14.7 Å². The maximum absolute atomic E-state index is 13.5. The topological polar surface area (TPSA) is 137 Å². The van der Waals surface area contributed by atoms with Crippen LogP contribution < -0.4 is 15.0 Å². The summed E-state index contributed by atoms with van der Waals surface area (Å²) in [5.74, 6) is 0.253. The van der Waals surface area contributed by atoms with Crippen LogP contribution in [0.5, 0.6) is 5.75 Å². The maximum Gasteiger partial charge on any atom is 0.340 e. The van der Waals surface area contributed by atoms with Crippen molar-refractivity contribution in [1.82, 2.24) is 19.9 Å². The van der Waals surface area contributed by atoms with Crippen LogP contribution in [-0.4, -0.2) is 88.3 Å². The zero-order chi connectivity index (χ0) is 35.8. The van der Waals surface area contributed by atoms with Gasteiger partial charge >= 0.3 is 5.97 Å². The van der Waals surface area contributed by atoms with Crippen molar-refractivity contribution in [2.45, 2.75) is 84.2 Å². The first kappa shape index (κ1) is 37.6. The number of amides is 1. The number of hydrogen-bond donors (Lipinski definition) is 2. The number of nitrogens with zero attached hydrogens (tertiary/aromatic N) is 4. The summed E-state index contributed by atoms with van der Waals surface area (Å²) in [5, 5.41) is 18.3. The molecule has 266 valence electrons. The Morgan fingerprint density at radius 2 is 1.84 bits per heavy atom. The zero-order valence-corrected chi connectivity index (χ0v) is 29.7. The Morgan fingerprint density at radius 3 is 2.49 bits per heavy atom. The van der Waals surface area contributed by atoms with Gasteiger partial charge in [0, 0.05) is 37.8 Å². The minimum Gasteiger partial charge on any atom is -0.489 e. The van der Waals surface area contributed by atoms with Crippen LogP contribution in [-0.2, 0) is 25.4 Å². The van der Waals surface area contributed by atoms with Crippen LogP contribution >= 0.6 is 0 Å². The molecule has 3 aromatic rings. The van der Waals surface area contributed by atoms with Crippen LogP contribution in [0.1, 0.15) is 80.9 Å². The number of anilines is 1. The number of piperidine rings is 1. The Morgan fingerprint density at radius 1 is 1.14 bits per heavy atom. The third-order valence-corrected chi connectivity index (χ3v) is 8.22. The standard InChI is InChI=1S/C37H51N5O7/c1-9-20-47-29-15-13-12-14-26(29)22-27(43)24-38-33(44)28-23-30-39-25(4)31(32(35(45)46-11-3)49-36(5,6)7)34(42(30)40-28)41-18-16-37(8,17-19-41)48-21-10-2/h9-10,12-15,23,27,32,43H,1-2,11,16-22,24H2,3-8H3,(H,38,44)/t27?,32-/m0/s1. The van der Waals surface area contributed by atoms with Crippen molar-refractivity contribution in [1.29, 1.82) is 0 Å². The number of carbonyl (C=O) groups excluding carboxylic acids is 2. The van der Waals surface area contributed by atoms with Gasteiger partial charge < -0.3 is 34.3 Å². The lowest BCUT2D eigenvalue weighted by atomic mass is 9.92. The highest BCUT2D eigenvalue weighted by molar-refractivity contribution is 5.93. The van der Waals surface area contributed by atoms with Crippen LogP contribution in [0.4, 0.5) is 5.82 Å². The monoisotopic (exact) mass is 677 g/mol. The molecule has 12 nitrogen and oxygen atoms in total. The Labute approximate surface area is 289 Å². The number of rotatable bonds is 16. The molecule has 2 N–H and O–H groups in total. The van der Waals surface area contributed by atoms with E-state index in [0.717, 1.165) is 5.56 Å². The number of aliphatic hydroxyl groups is 1. The number of para-hydroxylation sites is 1. The molecule has 2 aromatic heterocycles. The summed E-state index contributed by atoms with van der Waals surface area (Å²) in [5.41, 5.74) is 1.42. The van der Waals surface area contributed by atoms with Gasteiger partial charge in [-0.25, -0.2) is 9.78 Å².